The maximum absolute atomic E-state index is 12.1. The Bertz CT molecular complexity index is 1160. The highest BCUT2D eigenvalue weighted by Gasteiger charge is 2.10. The lowest BCUT2D eigenvalue weighted by molar-refractivity contribution is -0.138. The minimum Gasteiger partial charge on any atom is -0.463 e. The van der Waals surface area contributed by atoms with Gasteiger partial charge >= 0.3 is 11.7 Å². The average molecular weight is 404 g/mol. The zero-order chi connectivity index (χ0) is 21.5. The van der Waals surface area contributed by atoms with Crippen LogP contribution in [0.5, 0.6) is 0 Å². The Morgan fingerprint density at radius 1 is 1.20 bits per heavy atom. The topological polar surface area (TPSA) is 97.0 Å². The number of pyridine rings is 1. The first kappa shape index (κ1) is 21.0. The number of nitrogens with zero attached hydrogens (tertiary/aromatic N) is 2. The first-order valence-electron chi connectivity index (χ1n) is 9.82. The molecule has 0 saturated heterocycles. The van der Waals surface area contributed by atoms with E-state index in [1.54, 1.807) is 19.2 Å². The van der Waals surface area contributed by atoms with Gasteiger partial charge in [-0.2, -0.15) is 4.98 Å². The summed E-state index contributed by atoms with van der Waals surface area (Å²) in [5, 5.41) is 3.94. The number of allylic oxidation sites excluding steroid dienone is 3. The van der Waals surface area contributed by atoms with Gasteiger partial charge in [-0.15, -0.1) is 0 Å². The average Bonchev–Trinajstić information content (AvgIpc) is 2.75. The smallest absolute Gasteiger partial charge is 0.348 e. The van der Waals surface area contributed by atoms with Crippen molar-refractivity contribution >= 4 is 34.1 Å². The SMILES string of the molecule is C/C=C(\C=C(/CC)C(=O)OCC)c1ccc(Nc2[nH]c(=O)nc3ncccc23)cc1. The number of fused-ring (bicyclic) bond motifs is 1. The molecule has 0 amide bonds. The zero-order valence-corrected chi connectivity index (χ0v) is 17.2. The molecule has 7 heteroatoms. The Hall–Kier alpha value is -3.74. The van der Waals surface area contributed by atoms with Crippen molar-refractivity contribution in [2.45, 2.75) is 27.2 Å². The van der Waals surface area contributed by atoms with E-state index in [-0.39, 0.29) is 5.97 Å². The van der Waals surface area contributed by atoms with Crippen LogP contribution in [0.25, 0.3) is 16.6 Å². The third-order valence-corrected chi connectivity index (χ3v) is 4.54. The fourth-order valence-electron chi connectivity index (χ4n) is 3.02. The molecule has 0 aliphatic rings. The van der Waals surface area contributed by atoms with Gasteiger partial charge in [0.25, 0.3) is 0 Å². The third kappa shape index (κ3) is 4.81. The van der Waals surface area contributed by atoms with Gasteiger partial charge in [0.1, 0.15) is 5.82 Å². The molecule has 30 heavy (non-hydrogen) atoms. The van der Waals surface area contributed by atoms with Crippen LogP contribution in [0.1, 0.15) is 32.8 Å². The van der Waals surface area contributed by atoms with Crippen molar-refractivity contribution in [3.05, 3.63) is 76.4 Å². The predicted octanol–water partition coefficient (Wildman–Crippen LogP) is 4.36. The van der Waals surface area contributed by atoms with Gasteiger partial charge in [-0.1, -0.05) is 25.1 Å². The summed E-state index contributed by atoms with van der Waals surface area (Å²) >= 11 is 0. The molecule has 0 fully saturated rings. The number of hydrogen-bond donors (Lipinski definition) is 2. The second-order valence-electron chi connectivity index (χ2n) is 6.48. The molecule has 2 aromatic heterocycles. The summed E-state index contributed by atoms with van der Waals surface area (Å²) in [5.41, 5.74) is 3.23. The minimum absolute atomic E-state index is 0.292. The maximum atomic E-state index is 12.1. The van der Waals surface area contributed by atoms with E-state index in [1.807, 2.05) is 56.3 Å². The van der Waals surface area contributed by atoms with Gasteiger partial charge < -0.3 is 10.1 Å². The lowest BCUT2D eigenvalue weighted by Crippen LogP contribution is -2.13. The van der Waals surface area contributed by atoms with E-state index >= 15 is 0 Å². The van der Waals surface area contributed by atoms with Crippen molar-refractivity contribution in [2.24, 2.45) is 0 Å². The predicted molar refractivity (Wildman–Crippen MR) is 119 cm³/mol. The van der Waals surface area contributed by atoms with Gasteiger partial charge in [-0.3, -0.25) is 4.98 Å². The summed E-state index contributed by atoms with van der Waals surface area (Å²) in [6.45, 7) is 6.00. The van der Waals surface area contributed by atoms with E-state index in [9.17, 15) is 9.59 Å². The van der Waals surface area contributed by atoms with E-state index in [2.05, 4.69) is 20.3 Å². The molecule has 0 saturated carbocycles. The number of rotatable bonds is 7. The summed E-state index contributed by atoms with van der Waals surface area (Å²) < 4.78 is 5.12. The molecular formula is C23H24N4O3. The van der Waals surface area contributed by atoms with Gasteiger partial charge in [0.15, 0.2) is 5.65 Å². The van der Waals surface area contributed by atoms with Crippen molar-refractivity contribution in [1.82, 2.24) is 15.0 Å². The van der Waals surface area contributed by atoms with Crippen molar-refractivity contribution < 1.29 is 9.53 Å². The molecule has 2 heterocycles. The third-order valence-electron chi connectivity index (χ3n) is 4.54. The molecule has 0 spiro atoms. The van der Waals surface area contributed by atoms with Crippen LogP contribution in [0.4, 0.5) is 11.5 Å². The number of aromatic nitrogens is 3. The van der Waals surface area contributed by atoms with Gasteiger partial charge in [0.2, 0.25) is 0 Å². The maximum Gasteiger partial charge on any atom is 0.348 e. The molecule has 0 bridgehead atoms. The quantitative estimate of drug-likeness (QED) is 0.345. The lowest BCUT2D eigenvalue weighted by atomic mass is 10.0. The normalized spacial score (nSPS) is 12.1. The number of carbonyl (C=O) groups is 1. The van der Waals surface area contributed by atoms with E-state index in [1.165, 1.54) is 0 Å². The van der Waals surface area contributed by atoms with Crippen LogP contribution >= 0.6 is 0 Å². The molecule has 0 aliphatic carbocycles. The Kier molecular flexibility index (Phi) is 6.75. The molecular weight excluding hydrogens is 380 g/mol. The highest BCUT2D eigenvalue weighted by Crippen LogP contribution is 2.24. The first-order valence-corrected chi connectivity index (χ1v) is 9.82. The van der Waals surface area contributed by atoms with Gasteiger partial charge in [0, 0.05) is 17.5 Å². The summed E-state index contributed by atoms with van der Waals surface area (Å²) in [6, 6.07) is 11.3. The number of benzene rings is 1. The Labute approximate surface area is 174 Å². The standard InChI is InChI=1S/C23H24N4O3/c1-4-15(14-16(5-2)22(28)30-6-3)17-9-11-18(12-10-17)25-21-19-8-7-13-24-20(19)26-23(29)27-21/h4,7-14H,5-6H2,1-3H3,(H2,24,25,26,27,29)/b15-4+,16-14+. The van der Waals surface area contributed by atoms with Crippen LogP contribution < -0.4 is 11.0 Å². The monoisotopic (exact) mass is 404 g/mol. The first-order chi connectivity index (χ1) is 14.5. The molecule has 3 rings (SSSR count). The Balaban J connectivity index is 1.86. The molecule has 1 aromatic carbocycles. The van der Waals surface area contributed by atoms with Crippen molar-refractivity contribution in [1.29, 1.82) is 0 Å². The van der Waals surface area contributed by atoms with Crippen molar-refractivity contribution in [3.8, 4) is 0 Å². The number of aromatic amines is 1. The van der Waals surface area contributed by atoms with E-state index in [0.29, 0.717) is 30.1 Å². The number of ether oxygens (including phenoxy) is 1. The molecule has 3 aromatic rings. The van der Waals surface area contributed by atoms with Gasteiger partial charge in [-0.25, -0.2) is 14.6 Å². The Morgan fingerprint density at radius 2 is 1.97 bits per heavy atom. The fourth-order valence-corrected chi connectivity index (χ4v) is 3.02. The molecule has 0 unspecified atom stereocenters. The summed E-state index contributed by atoms with van der Waals surface area (Å²) in [6.07, 6.45) is 6.00. The number of H-pyrrole nitrogens is 1. The number of nitrogens with one attached hydrogen (secondary N) is 2. The van der Waals surface area contributed by atoms with E-state index in [4.69, 9.17) is 4.74 Å². The minimum atomic E-state index is -0.465. The lowest BCUT2D eigenvalue weighted by Gasteiger charge is -2.11. The van der Waals surface area contributed by atoms with Crippen LogP contribution in [0.15, 0.2) is 65.1 Å². The number of hydrogen-bond acceptors (Lipinski definition) is 6. The van der Waals surface area contributed by atoms with Crippen molar-refractivity contribution in [2.75, 3.05) is 11.9 Å². The van der Waals surface area contributed by atoms with Gasteiger partial charge in [0.05, 0.1) is 12.0 Å². The highest BCUT2D eigenvalue weighted by molar-refractivity contribution is 5.93. The summed E-state index contributed by atoms with van der Waals surface area (Å²) in [4.78, 5) is 34.6. The molecule has 154 valence electrons. The van der Waals surface area contributed by atoms with E-state index < -0.39 is 5.69 Å². The molecule has 7 nitrogen and oxygen atoms in total. The number of esters is 1. The van der Waals surface area contributed by atoms with E-state index in [0.717, 1.165) is 22.2 Å². The van der Waals surface area contributed by atoms with Gasteiger partial charge in [-0.05, 0) is 61.7 Å². The number of carbonyl (C=O) groups excluding carboxylic acids is 1. The largest absolute Gasteiger partial charge is 0.463 e. The summed E-state index contributed by atoms with van der Waals surface area (Å²) in [5.74, 6) is 0.243. The second kappa shape index (κ2) is 9.65. The Morgan fingerprint density at radius 3 is 2.63 bits per heavy atom. The van der Waals surface area contributed by atoms with Crippen LogP contribution in [-0.4, -0.2) is 27.5 Å². The van der Waals surface area contributed by atoms with Crippen LogP contribution in [0.2, 0.25) is 0 Å². The highest BCUT2D eigenvalue weighted by atomic mass is 16.5. The van der Waals surface area contributed by atoms with Crippen LogP contribution in [0, 0.1) is 0 Å². The molecule has 0 radical (unpaired) electrons. The number of anilines is 2. The molecule has 2 N–H and O–H groups in total. The zero-order valence-electron chi connectivity index (χ0n) is 17.2. The summed E-state index contributed by atoms with van der Waals surface area (Å²) in [7, 11) is 0. The van der Waals surface area contributed by atoms with Crippen LogP contribution in [0.3, 0.4) is 0 Å². The van der Waals surface area contributed by atoms with Crippen molar-refractivity contribution in [3.63, 3.8) is 0 Å². The molecule has 0 atom stereocenters. The fraction of sp³-hybridized carbons (Fsp3) is 0.217. The molecule has 0 aliphatic heterocycles. The van der Waals surface area contributed by atoms with Crippen LogP contribution in [-0.2, 0) is 9.53 Å². The second-order valence-corrected chi connectivity index (χ2v) is 6.48.